The highest BCUT2D eigenvalue weighted by molar-refractivity contribution is 6.15. The number of ether oxygens (including phenoxy) is 1. The van der Waals surface area contributed by atoms with E-state index in [4.69, 9.17) is 9.26 Å². The number of para-hydroxylation sites is 1. The number of fused-ring (bicyclic) bond motifs is 1. The fourth-order valence-corrected chi connectivity index (χ4v) is 2.71. The molecule has 0 spiro atoms. The second kappa shape index (κ2) is 6.32. The van der Waals surface area contributed by atoms with Crippen LogP contribution in [0.15, 0.2) is 58.0 Å². The SMILES string of the molecule is CCOc1ccc(-c2noc(C3C=Nc4ccccc4C3=O)n2)cc1. The van der Waals surface area contributed by atoms with Gasteiger partial charge in [-0.1, -0.05) is 17.3 Å². The summed E-state index contributed by atoms with van der Waals surface area (Å²) in [5.74, 6) is 0.706. The molecule has 25 heavy (non-hydrogen) atoms. The summed E-state index contributed by atoms with van der Waals surface area (Å²) in [6.07, 6.45) is 1.56. The number of benzene rings is 2. The second-order valence-electron chi connectivity index (χ2n) is 5.55. The Bertz CT molecular complexity index is 945. The highest BCUT2D eigenvalue weighted by atomic mass is 16.5. The van der Waals surface area contributed by atoms with Gasteiger partial charge >= 0.3 is 0 Å². The summed E-state index contributed by atoms with van der Waals surface area (Å²) in [6, 6.07) is 14.6. The van der Waals surface area contributed by atoms with Crippen LogP contribution in [0.25, 0.3) is 11.4 Å². The maximum atomic E-state index is 12.6. The zero-order valence-electron chi connectivity index (χ0n) is 13.5. The molecule has 1 aliphatic rings. The highest BCUT2D eigenvalue weighted by Gasteiger charge is 2.30. The van der Waals surface area contributed by atoms with Crippen LogP contribution in [0.2, 0.25) is 0 Å². The lowest BCUT2D eigenvalue weighted by Crippen LogP contribution is -2.18. The van der Waals surface area contributed by atoms with Crippen molar-refractivity contribution in [1.29, 1.82) is 0 Å². The third kappa shape index (κ3) is 2.82. The van der Waals surface area contributed by atoms with Gasteiger partial charge in [-0.15, -0.1) is 0 Å². The lowest BCUT2D eigenvalue weighted by Gasteiger charge is -2.13. The lowest BCUT2D eigenvalue weighted by molar-refractivity contribution is 0.0971. The van der Waals surface area contributed by atoms with Crippen molar-refractivity contribution in [3.8, 4) is 17.1 Å². The Morgan fingerprint density at radius 3 is 2.72 bits per heavy atom. The van der Waals surface area contributed by atoms with E-state index in [2.05, 4.69) is 15.1 Å². The molecule has 0 radical (unpaired) electrons. The van der Waals surface area contributed by atoms with Crippen molar-refractivity contribution in [2.24, 2.45) is 4.99 Å². The van der Waals surface area contributed by atoms with Crippen LogP contribution in [0.1, 0.15) is 29.1 Å². The van der Waals surface area contributed by atoms with Gasteiger partial charge in [0.1, 0.15) is 11.7 Å². The summed E-state index contributed by atoms with van der Waals surface area (Å²) in [5.41, 5.74) is 2.02. The van der Waals surface area contributed by atoms with E-state index in [1.807, 2.05) is 43.3 Å². The maximum absolute atomic E-state index is 12.6. The van der Waals surface area contributed by atoms with Crippen molar-refractivity contribution >= 4 is 17.7 Å². The molecule has 1 unspecified atom stereocenters. The molecule has 4 rings (SSSR count). The molecule has 0 N–H and O–H groups in total. The van der Waals surface area contributed by atoms with Crippen LogP contribution in [0, 0.1) is 0 Å². The molecule has 0 bridgehead atoms. The largest absolute Gasteiger partial charge is 0.494 e. The fraction of sp³-hybridized carbons (Fsp3) is 0.158. The number of rotatable bonds is 4. The van der Waals surface area contributed by atoms with E-state index in [0.717, 1.165) is 11.3 Å². The molecule has 2 heterocycles. The van der Waals surface area contributed by atoms with Gasteiger partial charge in [-0.3, -0.25) is 9.79 Å². The number of hydrogen-bond acceptors (Lipinski definition) is 6. The third-order valence-electron chi connectivity index (χ3n) is 3.95. The number of nitrogens with zero attached hydrogens (tertiary/aromatic N) is 3. The Morgan fingerprint density at radius 1 is 1.12 bits per heavy atom. The molecule has 124 valence electrons. The van der Waals surface area contributed by atoms with Gasteiger partial charge in [-0.2, -0.15) is 4.98 Å². The lowest BCUT2D eigenvalue weighted by atomic mass is 9.94. The van der Waals surface area contributed by atoms with Crippen molar-refractivity contribution in [3.05, 3.63) is 60.0 Å². The topological polar surface area (TPSA) is 77.6 Å². The van der Waals surface area contributed by atoms with Crippen molar-refractivity contribution in [3.63, 3.8) is 0 Å². The second-order valence-corrected chi connectivity index (χ2v) is 5.55. The minimum atomic E-state index is -0.654. The van der Waals surface area contributed by atoms with E-state index in [9.17, 15) is 4.79 Å². The molecule has 0 fully saturated rings. The smallest absolute Gasteiger partial charge is 0.243 e. The highest BCUT2D eigenvalue weighted by Crippen LogP contribution is 2.31. The average molecular weight is 333 g/mol. The zero-order chi connectivity index (χ0) is 17.2. The van der Waals surface area contributed by atoms with E-state index in [1.54, 1.807) is 18.3 Å². The van der Waals surface area contributed by atoms with Gasteiger partial charge in [0.2, 0.25) is 11.7 Å². The first-order chi connectivity index (χ1) is 12.3. The molecule has 3 aromatic rings. The van der Waals surface area contributed by atoms with Crippen LogP contribution in [-0.4, -0.2) is 28.7 Å². The number of aromatic nitrogens is 2. The van der Waals surface area contributed by atoms with Gasteiger partial charge in [0.05, 0.1) is 12.3 Å². The van der Waals surface area contributed by atoms with Crippen LogP contribution >= 0.6 is 0 Å². The summed E-state index contributed by atoms with van der Waals surface area (Å²) in [4.78, 5) is 21.3. The number of aliphatic imine (C=N–C) groups is 1. The van der Waals surface area contributed by atoms with Crippen LogP contribution in [-0.2, 0) is 0 Å². The molecular formula is C19H15N3O3. The molecule has 0 amide bonds. The molecule has 2 aromatic carbocycles. The predicted molar refractivity (Wildman–Crippen MR) is 92.6 cm³/mol. The molecule has 6 heteroatoms. The van der Waals surface area contributed by atoms with E-state index in [1.165, 1.54) is 0 Å². The van der Waals surface area contributed by atoms with Gasteiger partial charge in [-0.05, 0) is 43.3 Å². The molecule has 0 aliphatic carbocycles. The quantitative estimate of drug-likeness (QED) is 0.725. The van der Waals surface area contributed by atoms with Crippen molar-refractivity contribution in [2.45, 2.75) is 12.8 Å². The number of hydrogen-bond donors (Lipinski definition) is 0. The van der Waals surface area contributed by atoms with E-state index in [-0.39, 0.29) is 11.7 Å². The Balaban J connectivity index is 1.61. The van der Waals surface area contributed by atoms with Gasteiger partial charge in [0.25, 0.3) is 0 Å². The Kier molecular flexibility index (Phi) is 3.85. The number of ketones is 1. The number of carbonyl (C=O) groups excluding carboxylic acids is 1. The number of carbonyl (C=O) groups is 1. The molecular weight excluding hydrogens is 318 g/mol. The average Bonchev–Trinajstić information content (AvgIpc) is 3.13. The molecule has 1 aliphatic heterocycles. The summed E-state index contributed by atoms with van der Waals surface area (Å²) in [7, 11) is 0. The Hall–Kier alpha value is -3.28. The van der Waals surface area contributed by atoms with Crippen molar-refractivity contribution < 1.29 is 14.1 Å². The first kappa shape index (κ1) is 15.3. The fourth-order valence-electron chi connectivity index (χ4n) is 2.71. The molecule has 1 aromatic heterocycles. The monoisotopic (exact) mass is 333 g/mol. The normalized spacial score (nSPS) is 15.9. The molecule has 1 atom stereocenters. The third-order valence-corrected chi connectivity index (χ3v) is 3.95. The predicted octanol–water partition coefficient (Wildman–Crippen LogP) is 3.82. The summed E-state index contributed by atoms with van der Waals surface area (Å²) < 4.78 is 10.7. The van der Waals surface area contributed by atoms with Gasteiger partial charge in [0.15, 0.2) is 5.78 Å². The zero-order valence-corrected chi connectivity index (χ0v) is 13.5. The first-order valence-corrected chi connectivity index (χ1v) is 8.00. The van der Waals surface area contributed by atoms with Gasteiger partial charge in [0, 0.05) is 17.3 Å². The van der Waals surface area contributed by atoms with E-state index in [0.29, 0.717) is 23.7 Å². The summed E-state index contributed by atoms with van der Waals surface area (Å²) in [5, 5.41) is 3.99. The standard InChI is InChI=1S/C19H15N3O3/c1-2-24-13-9-7-12(8-10-13)18-21-19(25-22-18)15-11-20-16-6-4-3-5-14(16)17(15)23/h3-11,15H,2H2,1H3. The van der Waals surface area contributed by atoms with Gasteiger partial charge in [-0.25, -0.2) is 0 Å². The summed E-state index contributed by atoms with van der Waals surface area (Å²) >= 11 is 0. The van der Waals surface area contributed by atoms with Crippen LogP contribution in [0.5, 0.6) is 5.75 Å². The molecule has 6 nitrogen and oxygen atoms in total. The van der Waals surface area contributed by atoms with Crippen molar-refractivity contribution in [1.82, 2.24) is 10.1 Å². The van der Waals surface area contributed by atoms with Crippen LogP contribution in [0.4, 0.5) is 5.69 Å². The number of Topliss-reactive ketones (excluding diaryl/α,β-unsaturated/α-hetero) is 1. The van der Waals surface area contributed by atoms with Crippen molar-refractivity contribution in [2.75, 3.05) is 6.61 Å². The maximum Gasteiger partial charge on any atom is 0.243 e. The Morgan fingerprint density at radius 2 is 1.92 bits per heavy atom. The summed E-state index contributed by atoms with van der Waals surface area (Å²) in [6.45, 7) is 2.54. The van der Waals surface area contributed by atoms with Crippen LogP contribution in [0.3, 0.4) is 0 Å². The Labute approximate surface area is 144 Å². The molecule has 0 saturated carbocycles. The molecule has 0 saturated heterocycles. The first-order valence-electron chi connectivity index (χ1n) is 8.00. The minimum absolute atomic E-state index is 0.0903. The van der Waals surface area contributed by atoms with E-state index >= 15 is 0 Å². The van der Waals surface area contributed by atoms with E-state index < -0.39 is 5.92 Å². The minimum Gasteiger partial charge on any atom is -0.494 e. The van der Waals surface area contributed by atoms with Gasteiger partial charge < -0.3 is 9.26 Å². The van der Waals surface area contributed by atoms with Crippen LogP contribution < -0.4 is 4.74 Å².